The van der Waals surface area contributed by atoms with Gasteiger partial charge in [0.1, 0.15) is 6.54 Å². The van der Waals surface area contributed by atoms with Crippen LogP contribution in [-0.2, 0) is 0 Å². The van der Waals surface area contributed by atoms with Crippen LogP contribution in [0.25, 0.3) is 0 Å². The van der Waals surface area contributed by atoms with Gasteiger partial charge in [0.25, 0.3) is 0 Å². The van der Waals surface area contributed by atoms with E-state index in [0.717, 1.165) is 19.5 Å². The van der Waals surface area contributed by atoms with Crippen molar-refractivity contribution in [3.63, 3.8) is 0 Å². The van der Waals surface area contributed by atoms with Gasteiger partial charge in [-0.05, 0) is 6.42 Å². The quantitative estimate of drug-likeness (QED) is 0.507. The van der Waals surface area contributed by atoms with Crippen LogP contribution < -0.4 is 0 Å². The van der Waals surface area contributed by atoms with Gasteiger partial charge in [-0.3, -0.25) is 0 Å². The largest absolute Gasteiger partial charge is 0.328 e. The molecule has 4 heteroatoms. The molecule has 0 N–H and O–H groups in total. The van der Waals surface area contributed by atoms with E-state index in [0.29, 0.717) is 0 Å². The van der Waals surface area contributed by atoms with Gasteiger partial charge in [-0.2, -0.15) is 5.26 Å². The fourth-order valence-corrected chi connectivity index (χ4v) is 1.16. The molecule has 60 valence electrons. The second-order valence-electron chi connectivity index (χ2n) is 2.64. The van der Waals surface area contributed by atoms with Gasteiger partial charge >= 0.3 is 6.03 Å². The van der Waals surface area contributed by atoms with E-state index >= 15 is 0 Å². The summed E-state index contributed by atoms with van der Waals surface area (Å²) in [5, 5.41) is 8.36. The maximum absolute atomic E-state index is 11.2. The van der Waals surface area contributed by atoms with Crippen LogP contribution in [0.5, 0.6) is 0 Å². The Balaban J connectivity index is 2.53. The van der Waals surface area contributed by atoms with Crippen molar-refractivity contribution < 1.29 is 4.79 Å². The van der Waals surface area contributed by atoms with Crippen LogP contribution in [0.2, 0.25) is 0 Å². The van der Waals surface area contributed by atoms with Gasteiger partial charge in [0.2, 0.25) is 0 Å². The van der Waals surface area contributed by atoms with E-state index in [-0.39, 0.29) is 12.6 Å². The number of hydrogen-bond donors (Lipinski definition) is 0. The van der Waals surface area contributed by atoms with Crippen molar-refractivity contribution in [1.29, 1.82) is 5.26 Å². The predicted octanol–water partition coefficient (Wildman–Crippen LogP) is 0.267. The van der Waals surface area contributed by atoms with Crippen LogP contribution in [0.4, 0.5) is 4.79 Å². The summed E-state index contributed by atoms with van der Waals surface area (Å²) >= 11 is 0. The van der Waals surface area contributed by atoms with Crippen molar-refractivity contribution in [3.05, 3.63) is 0 Å². The number of nitriles is 1. The van der Waals surface area contributed by atoms with Gasteiger partial charge in [0, 0.05) is 20.1 Å². The summed E-state index contributed by atoms with van der Waals surface area (Å²) < 4.78 is 0. The molecular formula is C7H11N3O. The first kappa shape index (κ1) is 7.86. The van der Waals surface area contributed by atoms with E-state index in [1.54, 1.807) is 16.8 Å². The Morgan fingerprint density at radius 1 is 1.64 bits per heavy atom. The SMILES string of the molecule is CN1CCCN(CC#N)C1=O. The number of rotatable bonds is 1. The average Bonchev–Trinajstić information content (AvgIpc) is 1.99. The lowest BCUT2D eigenvalue weighted by Crippen LogP contribution is -2.47. The minimum absolute atomic E-state index is 0.0298. The molecule has 1 fully saturated rings. The zero-order chi connectivity index (χ0) is 8.27. The number of carbonyl (C=O) groups excluding carboxylic acids is 1. The molecule has 1 aliphatic rings. The highest BCUT2D eigenvalue weighted by Crippen LogP contribution is 2.05. The summed E-state index contributed by atoms with van der Waals surface area (Å²) in [6.45, 7) is 1.74. The number of carbonyl (C=O) groups is 1. The summed E-state index contributed by atoms with van der Waals surface area (Å²) in [6.07, 6.45) is 0.962. The third kappa shape index (κ3) is 1.61. The normalized spacial score (nSPS) is 18.4. The molecule has 0 aromatic rings. The van der Waals surface area contributed by atoms with E-state index in [9.17, 15) is 4.79 Å². The monoisotopic (exact) mass is 153 g/mol. The molecule has 0 bridgehead atoms. The molecule has 0 atom stereocenters. The molecule has 1 heterocycles. The molecule has 0 saturated carbocycles. The van der Waals surface area contributed by atoms with Crippen molar-refractivity contribution in [2.24, 2.45) is 0 Å². The fraction of sp³-hybridized carbons (Fsp3) is 0.714. The second kappa shape index (κ2) is 3.24. The van der Waals surface area contributed by atoms with Crippen molar-refractivity contribution >= 4 is 6.03 Å². The summed E-state index contributed by atoms with van der Waals surface area (Å²) in [6, 6.07) is 1.94. The second-order valence-corrected chi connectivity index (χ2v) is 2.64. The molecule has 1 aliphatic heterocycles. The highest BCUT2D eigenvalue weighted by molar-refractivity contribution is 5.75. The lowest BCUT2D eigenvalue weighted by Gasteiger charge is -2.31. The molecule has 0 spiro atoms. The van der Waals surface area contributed by atoms with Crippen molar-refractivity contribution in [3.8, 4) is 6.07 Å². The lowest BCUT2D eigenvalue weighted by atomic mass is 10.3. The zero-order valence-electron chi connectivity index (χ0n) is 6.58. The molecule has 0 radical (unpaired) electrons. The van der Waals surface area contributed by atoms with Crippen LogP contribution in [0, 0.1) is 11.3 Å². The Bertz CT molecular complexity index is 196. The van der Waals surface area contributed by atoms with Crippen molar-refractivity contribution in [2.75, 3.05) is 26.7 Å². The first-order chi connectivity index (χ1) is 5.25. The van der Waals surface area contributed by atoms with Crippen molar-refractivity contribution in [1.82, 2.24) is 9.80 Å². The topological polar surface area (TPSA) is 47.3 Å². The summed E-state index contributed by atoms with van der Waals surface area (Å²) in [7, 11) is 1.76. The highest BCUT2D eigenvalue weighted by Gasteiger charge is 2.21. The number of amides is 2. The Morgan fingerprint density at radius 3 is 3.00 bits per heavy atom. The first-order valence-corrected chi connectivity index (χ1v) is 3.62. The minimum atomic E-state index is -0.0298. The molecule has 4 nitrogen and oxygen atoms in total. The Hall–Kier alpha value is -1.24. The molecule has 0 aromatic heterocycles. The smallest absolute Gasteiger partial charge is 0.320 e. The number of nitrogens with zero attached hydrogens (tertiary/aromatic N) is 3. The Labute approximate surface area is 66.0 Å². The molecule has 1 rings (SSSR count). The molecule has 1 saturated heterocycles. The van der Waals surface area contributed by atoms with E-state index < -0.39 is 0 Å². The van der Waals surface area contributed by atoms with E-state index in [1.807, 2.05) is 6.07 Å². The lowest BCUT2D eigenvalue weighted by molar-refractivity contribution is 0.148. The van der Waals surface area contributed by atoms with Crippen LogP contribution >= 0.6 is 0 Å². The zero-order valence-corrected chi connectivity index (χ0v) is 6.58. The van der Waals surface area contributed by atoms with E-state index in [2.05, 4.69) is 0 Å². The van der Waals surface area contributed by atoms with Gasteiger partial charge in [-0.25, -0.2) is 4.79 Å². The first-order valence-electron chi connectivity index (χ1n) is 3.62. The molecule has 0 unspecified atom stereocenters. The van der Waals surface area contributed by atoms with Crippen LogP contribution in [0.15, 0.2) is 0 Å². The summed E-state index contributed by atoms with van der Waals surface area (Å²) in [5.41, 5.74) is 0. The van der Waals surface area contributed by atoms with Crippen LogP contribution in [-0.4, -0.2) is 42.5 Å². The minimum Gasteiger partial charge on any atom is -0.328 e. The molecule has 11 heavy (non-hydrogen) atoms. The highest BCUT2D eigenvalue weighted by atomic mass is 16.2. The molecule has 2 amide bonds. The molecule has 0 aromatic carbocycles. The average molecular weight is 153 g/mol. The van der Waals surface area contributed by atoms with Gasteiger partial charge < -0.3 is 9.80 Å². The number of urea groups is 1. The summed E-state index contributed by atoms with van der Waals surface area (Å²) in [5.74, 6) is 0. The third-order valence-corrected chi connectivity index (χ3v) is 1.78. The number of hydrogen-bond acceptors (Lipinski definition) is 2. The van der Waals surface area contributed by atoms with Gasteiger partial charge in [-0.15, -0.1) is 0 Å². The van der Waals surface area contributed by atoms with Crippen LogP contribution in [0.3, 0.4) is 0 Å². The van der Waals surface area contributed by atoms with Crippen LogP contribution in [0.1, 0.15) is 6.42 Å². The Kier molecular flexibility index (Phi) is 2.32. The maximum atomic E-state index is 11.2. The van der Waals surface area contributed by atoms with Crippen molar-refractivity contribution in [2.45, 2.75) is 6.42 Å². The Morgan fingerprint density at radius 2 is 2.36 bits per heavy atom. The predicted molar refractivity (Wildman–Crippen MR) is 39.8 cm³/mol. The van der Waals surface area contributed by atoms with Gasteiger partial charge in [-0.1, -0.05) is 0 Å². The molecular weight excluding hydrogens is 142 g/mol. The maximum Gasteiger partial charge on any atom is 0.320 e. The van der Waals surface area contributed by atoms with Gasteiger partial charge in [0.05, 0.1) is 6.07 Å². The standard InChI is InChI=1S/C7H11N3O/c1-9-4-2-5-10(6-3-8)7(9)11/h2,4-6H2,1H3. The summed E-state index contributed by atoms with van der Waals surface area (Å²) in [4.78, 5) is 14.4. The van der Waals surface area contributed by atoms with Gasteiger partial charge in [0.15, 0.2) is 0 Å². The third-order valence-electron chi connectivity index (χ3n) is 1.78. The van der Waals surface area contributed by atoms with E-state index in [1.165, 1.54) is 0 Å². The fourth-order valence-electron chi connectivity index (χ4n) is 1.16. The van der Waals surface area contributed by atoms with E-state index in [4.69, 9.17) is 5.26 Å². The molecule has 0 aliphatic carbocycles.